The predicted octanol–water partition coefficient (Wildman–Crippen LogP) is 3.42. The van der Waals surface area contributed by atoms with Gasteiger partial charge in [0.25, 0.3) is 11.2 Å². The molecule has 33 heavy (non-hydrogen) atoms. The first-order valence-electron chi connectivity index (χ1n) is 10.6. The molecule has 1 fully saturated rings. The Morgan fingerprint density at radius 3 is 2.55 bits per heavy atom. The van der Waals surface area contributed by atoms with Crippen molar-refractivity contribution in [2.24, 2.45) is 0 Å². The second-order valence-corrected chi connectivity index (χ2v) is 10.3. The number of aromatic amines is 1. The standard InChI is InChI=1S/C23H25N3O6S/c1-15-10-16(2)22-17(11-15)12-18(23(27)24-22)13-25(14-20-4-3-9-32-20)33(30,31)21-7-5-19(6-8-21)26(28)29/h5-8,10-12,20H,3-4,9,13-14H2,1-2H3,(H,24,27)/t20-/m0/s1. The maximum Gasteiger partial charge on any atom is 0.269 e. The molecule has 3 aromatic rings. The molecule has 0 unspecified atom stereocenters. The Kier molecular flexibility index (Phi) is 6.33. The molecular formula is C23H25N3O6S. The van der Waals surface area contributed by atoms with E-state index in [0.29, 0.717) is 12.2 Å². The third kappa shape index (κ3) is 4.82. The first-order valence-corrected chi connectivity index (χ1v) is 12.1. The van der Waals surface area contributed by atoms with Crippen LogP contribution >= 0.6 is 0 Å². The SMILES string of the molecule is Cc1cc(C)c2[nH]c(=O)c(CN(C[C@@H]3CCCO3)S(=O)(=O)c3ccc([N+](=O)[O-])cc3)cc2c1. The smallest absolute Gasteiger partial charge is 0.269 e. The Morgan fingerprint density at radius 2 is 1.91 bits per heavy atom. The molecule has 2 heterocycles. The van der Waals surface area contributed by atoms with Crippen LogP contribution in [0.3, 0.4) is 0 Å². The number of nitro benzene ring substituents is 1. The van der Waals surface area contributed by atoms with Crippen molar-refractivity contribution in [3.05, 3.63) is 79.6 Å². The van der Waals surface area contributed by atoms with E-state index in [-0.39, 0.29) is 35.3 Å². The van der Waals surface area contributed by atoms with Gasteiger partial charge < -0.3 is 9.72 Å². The van der Waals surface area contributed by atoms with E-state index in [1.165, 1.54) is 16.4 Å². The molecule has 174 valence electrons. The third-order valence-corrected chi connectivity index (χ3v) is 7.66. The van der Waals surface area contributed by atoms with Crippen LogP contribution in [-0.4, -0.2) is 41.9 Å². The number of aromatic nitrogens is 1. The maximum atomic E-state index is 13.5. The largest absolute Gasteiger partial charge is 0.377 e. The topological polar surface area (TPSA) is 123 Å². The second kappa shape index (κ2) is 9.05. The lowest BCUT2D eigenvalue weighted by Gasteiger charge is -2.25. The number of nitro groups is 1. The van der Waals surface area contributed by atoms with Gasteiger partial charge >= 0.3 is 0 Å². The summed E-state index contributed by atoms with van der Waals surface area (Å²) in [5.41, 5.74) is 2.45. The third-order valence-electron chi connectivity index (χ3n) is 5.83. The molecule has 1 N–H and O–H groups in total. The highest BCUT2D eigenvalue weighted by Gasteiger charge is 2.30. The Bertz CT molecular complexity index is 1360. The minimum Gasteiger partial charge on any atom is -0.377 e. The van der Waals surface area contributed by atoms with E-state index in [1.54, 1.807) is 6.07 Å². The summed E-state index contributed by atoms with van der Waals surface area (Å²) in [6.45, 7) is 4.38. The number of fused-ring (bicyclic) bond motifs is 1. The monoisotopic (exact) mass is 471 g/mol. The van der Waals surface area contributed by atoms with Gasteiger partial charge in [0.2, 0.25) is 10.0 Å². The van der Waals surface area contributed by atoms with Crippen molar-refractivity contribution in [1.29, 1.82) is 0 Å². The van der Waals surface area contributed by atoms with Crippen molar-refractivity contribution in [2.45, 2.75) is 44.2 Å². The quantitative estimate of drug-likeness (QED) is 0.416. The van der Waals surface area contributed by atoms with Crippen LogP contribution in [0.25, 0.3) is 10.9 Å². The number of non-ortho nitro benzene ring substituents is 1. The Morgan fingerprint density at radius 1 is 1.18 bits per heavy atom. The Labute approximate surface area is 191 Å². The fourth-order valence-electron chi connectivity index (χ4n) is 4.19. The fourth-order valence-corrected chi connectivity index (χ4v) is 5.64. The van der Waals surface area contributed by atoms with E-state index in [2.05, 4.69) is 4.98 Å². The van der Waals surface area contributed by atoms with E-state index < -0.39 is 14.9 Å². The van der Waals surface area contributed by atoms with Crippen molar-refractivity contribution >= 4 is 26.6 Å². The summed E-state index contributed by atoms with van der Waals surface area (Å²) in [4.78, 5) is 26.0. The summed E-state index contributed by atoms with van der Waals surface area (Å²) in [7, 11) is -4.04. The van der Waals surface area contributed by atoms with Gasteiger partial charge in [-0.15, -0.1) is 0 Å². The van der Waals surface area contributed by atoms with Gasteiger partial charge in [0.15, 0.2) is 0 Å². The van der Waals surface area contributed by atoms with Gasteiger partial charge in [0.05, 0.1) is 21.4 Å². The number of benzene rings is 2. The van der Waals surface area contributed by atoms with Crippen LogP contribution in [0, 0.1) is 24.0 Å². The van der Waals surface area contributed by atoms with Crippen LogP contribution in [0.5, 0.6) is 0 Å². The average molecular weight is 472 g/mol. The molecule has 0 saturated carbocycles. The van der Waals surface area contributed by atoms with Gasteiger partial charge in [-0.05, 0) is 61.9 Å². The molecule has 1 saturated heterocycles. The van der Waals surface area contributed by atoms with Gasteiger partial charge in [-0.1, -0.05) is 11.6 Å². The first-order chi connectivity index (χ1) is 15.6. The van der Waals surface area contributed by atoms with Crippen LogP contribution in [-0.2, 0) is 21.3 Å². The molecule has 1 aliphatic heterocycles. The minimum absolute atomic E-state index is 0.0741. The predicted molar refractivity (Wildman–Crippen MR) is 124 cm³/mol. The number of aryl methyl sites for hydroxylation is 2. The molecule has 1 atom stereocenters. The first kappa shape index (κ1) is 23.1. The summed E-state index contributed by atoms with van der Waals surface area (Å²) in [6.07, 6.45) is 1.28. The van der Waals surface area contributed by atoms with Crippen molar-refractivity contribution in [1.82, 2.24) is 9.29 Å². The zero-order valence-electron chi connectivity index (χ0n) is 18.4. The van der Waals surface area contributed by atoms with Crippen LogP contribution in [0.4, 0.5) is 5.69 Å². The van der Waals surface area contributed by atoms with E-state index >= 15 is 0 Å². The number of H-pyrrole nitrogens is 1. The van der Waals surface area contributed by atoms with E-state index in [0.717, 1.165) is 47.0 Å². The van der Waals surface area contributed by atoms with Crippen molar-refractivity contribution in [3.63, 3.8) is 0 Å². The molecule has 0 bridgehead atoms. The highest BCUT2D eigenvalue weighted by molar-refractivity contribution is 7.89. The minimum atomic E-state index is -4.04. The zero-order chi connectivity index (χ0) is 23.8. The fraction of sp³-hybridized carbons (Fsp3) is 0.348. The lowest BCUT2D eigenvalue weighted by atomic mass is 10.1. The molecule has 2 aromatic carbocycles. The maximum absolute atomic E-state index is 13.5. The molecule has 1 aliphatic rings. The molecule has 0 spiro atoms. The lowest BCUT2D eigenvalue weighted by molar-refractivity contribution is -0.384. The molecule has 1 aromatic heterocycles. The van der Waals surface area contributed by atoms with Gasteiger partial charge in [-0.3, -0.25) is 14.9 Å². The summed E-state index contributed by atoms with van der Waals surface area (Å²) in [5, 5.41) is 11.8. The Hall–Kier alpha value is -3.08. The van der Waals surface area contributed by atoms with Crippen LogP contribution < -0.4 is 5.56 Å². The molecule has 0 radical (unpaired) electrons. The molecule has 4 rings (SSSR count). The number of pyridine rings is 1. The number of hydrogen-bond donors (Lipinski definition) is 1. The normalized spacial score (nSPS) is 16.5. The number of sulfonamides is 1. The van der Waals surface area contributed by atoms with Gasteiger partial charge in [-0.25, -0.2) is 8.42 Å². The van der Waals surface area contributed by atoms with Crippen LogP contribution in [0.2, 0.25) is 0 Å². The number of rotatable bonds is 7. The summed E-state index contributed by atoms with van der Waals surface area (Å²) in [6, 6.07) is 10.4. The molecular weight excluding hydrogens is 446 g/mol. The van der Waals surface area contributed by atoms with E-state index in [9.17, 15) is 23.3 Å². The summed E-state index contributed by atoms with van der Waals surface area (Å²) in [5.74, 6) is 0. The Balaban J connectivity index is 1.73. The zero-order valence-corrected chi connectivity index (χ0v) is 19.2. The second-order valence-electron chi connectivity index (χ2n) is 8.35. The molecule has 9 nitrogen and oxygen atoms in total. The van der Waals surface area contributed by atoms with Crippen LogP contribution in [0.15, 0.2) is 52.2 Å². The molecule has 0 amide bonds. The van der Waals surface area contributed by atoms with Gasteiger partial charge in [-0.2, -0.15) is 4.31 Å². The van der Waals surface area contributed by atoms with Crippen molar-refractivity contribution in [2.75, 3.05) is 13.2 Å². The van der Waals surface area contributed by atoms with Crippen molar-refractivity contribution < 1.29 is 18.1 Å². The highest BCUT2D eigenvalue weighted by atomic mass is 32.2. The van der Waals surface area contributed by atoms with Gasteiger partial charge in [0, 0.05) is 37.4 Å². The van der Waals surface area contributed by atoms with Crippen LogP contribution in [0.1, 0.15) is 29.5 Å². The number of nitrogens with zero attached hydrogens (tertiary/aromatic N) is 2. The number of hydrogen-bond acceptors (Lipinski definition) is 6. The lowest BCUT2D eigenvalue weighted by Crippen LogP contribution is -2.38. The van der Waals surface area contributed by atoms with E-state index in [4.69, 9.17) is 4.74 Å². The summed E-state index contributed by atoms with van der Waals surface area (Å²) >= 11 is 0. The van der Waals surface area contributed by atoms with E-state index in [1.807, 2.05) is 26.0 Å². The number of nitrogens with one attached hydrogen (secondary N) is 1. The highest BCUT2D eigenvalue weighted by Crippen LogP contribution is 2.25. The number of ether oxygens (including phenoxy) is 1. The molecule has 10 heteroatoms. The van der Waals surface area contributed by atoms with Gasteiger partial charge in [0.1, 0.15) is 0 Å². The van der Waals surface area contributed by atoms with Crippen molar-refractivity contribution in [3.8, 4) is 0 Å². The molecule has 0 aliphatic carbocycles. The average Bonchev–Trinajstić information content (AvgIpc) is 3.27. The summed E-state index contributed by atoms with van der Waals surface area (Å²) < 4.78 is 33.8.